The molecule has 1 rings (SSSR count). The Morgan fingerprint density at radius 2 is 1.95 bits per heavy atom. The summed E-state index contributed by atoms with van der Waals surface area (Å²) in [6.45, 7) is 4.49. The highest BCUT2D eigenvalue weighted by Gasteiger charge is 2.16. The van der Waals surface area contributed by atoms with Crippen molar-refractivity contribution in [1.82, 2.24) is 0 Å². The van der Waals surface area contributed by atoms with E-state index >= 15 is 0 Å². The summed E-state index contributed by atoms with van der Waals surface area (Å²) in [6, 6.07) is 7.56. The normalized spacial score (nSPS) is 11.8. The van der Waals surface area contributed by atoms with Gasteiger partial charge in [-0.2, -0.15) is 0 Å². The van der Waals surface area contributed by atoms with E-state index in [1.54, 1.807) is 13.8 Å². The van der Waals surface area contributed by atoms with E-state index in [-0.39, 0.29) is 17.6 Å². The SMILES string of the molecule is CC(C)S(=O)(=O)Cc1cccc(NCCCCCO)c1. The Hall–Kier alpha value is -1.07. The molecule has 1 aromatic carbocycles. The van der Waals surface area contributed by atoms with Crippen LogP contribution in [0, 0.1) is 0 Å². The van der Waals surface area contributed by atoms with Crippen LogP contribution in [0.4, 0.5) is 5.69 Å². The van der Waals surface area contributed by atoms with E-state index in [1.807, 2.05) is 24.3 Å². The number of hydrogen-bond donors (Lipinski definition) is 2. The lowest BCUT2D eigenvalue weighted by Gasteiger charge is -2.10. The van der Waals surface area contributed by atoms with Gasteiger partial charge in [-0.3, -0.25) is 0 Å². The summed E-state index contributed by atoms with van der Waals surface area (Å²) in [5.74, 6) is 0.0880. The predicted octanol–water partition coefficient (Wildman–Crippen LogP) is 2.58. The summed E-state index contributed by atoms with van der Waals surface area (Å²) >= 11 is 0. The molecule has 0 atom stereocenters. The Kier molecular flexibility index (Phi) is 7.02. The molecule has 0 radical (unpaired) electrons. The second kappa shape index (κ2) is 8.27. The molecule has 0 aliphatic carbocycles. The molecule has 0 spiro atoms. The number of benzene rings is 1. The fourth-order valence-corrected chi connectivity index (χ4v) is 2.79. The fraction of sp³-hybridized carbons (Fsp3) is 0.600. The number of sulfone groups is 1. The molecule has 5 heteroatoms. The molecule has 0 aliphatic rings. The maximum atomic E-state index is 11.9. The van der Waals surface area contributed by atoms with Crippen LogP contribution in [0.2, 0.25) is 0 Å². The summed E-state index contributed by atoms with van der Waals surface area (Å²) < 4.78 is 23.8. The van der Waals surface area contributed by atoms with E-state index in [0.29, 0.717) is 0 Å². The molecule has 0 bridgehead atoms. The van der Waals surface area contributed by atoms with Crippen molar-refractivity contribution in [2.24, 2.45) is 0 Å². The lowest BCUT2D eigenvalue weighted by Crippen LogP contribution is -2.16. The van der Waals surface area contributed by atoms with Gasteiger partial charge in [-0.1, -0.05) is 12.1 Å². The standard InChI is InChI=1S/C15H25NO3S/c1-13(2)20(18,19)12-14-7-6-8-15(11-14)16-9-4-3-5-10-17/h6-8,11,13,16-17H,3-5,9-10,12H2,1-2H3. The first kappa shape index (κ1) is 17.0. The van der Waals surface area contributed by atoms with Crippen LogP contribution in [0.5, 0.6) is 0 Å². The second-order valence-electron chi connectivity index (χ2n) is 5.27. The van der Waals surface area contributed by atoms with E-state index in [9.17, 15) is 8.42 Å². The van der Waals surface area contributed by atoms with Gasteiger partial charge in [0.25, 0.3) is 0 Å². The van der Waals surface area contributed by atoms with Crippen LogP contribution < -0.4 is 5.32 Å². The van der Waals surface area contributed by atoms with Gasteiger partial charge in [0.05, 0.1) is 11.0 Å². The van der Waals surface area contributed by atoms with Crippen LogP contribution >= 0.6 is 0 Å². The van der Waals surface area contributed by atoms with Crippen LogP contribution in [0.25, 0.3) is 0 Å². The number of rotatable bonds is 9. The molecule has 20 heavy (non-hydrogen) atoms. The number of unbranched alkanes of at least 4 members (excludes halogenated alkanes) is 2. The molecule has 2 N–H and O–H groups in total. The quantitative estimate of drug-likeness (QED) is 0.688. The van der Waals surface area contributed by atoms with Crippen molar-refractivity contribution in [3.63, 3.8) is 0 Å². The van der Waals surface area contributed by atoms with E-state index in [4.69, 9.17) is 5.11 Å². The van der Waals surface area contributed by atoms with E-state index in [1.165, 1.54) is 0 Å². The summed E-state index contributed by atoms with van der Waals surface area (Å²) in [6.07, 6.45) is 2.81. The highest BCUT2D eigenvalue weighted by atomic mass is 32.2. The second-order valence-corrected chi connectivity index (χ2v) is 7.82. The van der Waals surface area contributed by atoms with Crippen molar-refractivity contribution in [2.45, 2.75) is 44.1 Å². The van der Waals surface area contributed by atoms with Gasteiger partial charge in [0, 0.05) is 18.8 Å². The molecule has 0 amide bonds. The molecule has 1 aromatic rings. The zero-order valence-electron chi connectivity index (χ0n) is 12.3. The first-order valence-corrected chi connectivity index (χ1v) is 8.82. The van der Waals surface area contributed by atoms with Gasteiger partial charge in [-0.05, 0) is 50.8 Å². The monoisotopic (exact) mass is 299 g/mol. The molecule has 0 saturated carbocycles. The molecule has 0 saturated heterocycles. The van der Waals surface area contributed by atoms with E-state index < -0.39 is 9.84 Å². The van der Waals surface area contributed by atoms with Gasteiger partial charge >= 0.3 is 0 Å². The minimum Gasteiger partial charge on any atom is -0.396 e. The van der Waals surface area contributed by atoms with Crippen molar-refractivity contribution in [3.05, 3.63) is 29.8 Å². The summed E-state index contributed by atoms with van der Waals surface area (Å²) in [5.41, 5.74) is 1.77. The largest absolute Gasteiger partial charge is 0.396 e. The van der Waals surface area contributed by atoms with Gasteiger partial charge in [-0.15, -0.1) is 0 Å². The number of aliphatic hydroxyl groups is 1. The molecule has 0 aromatic heterocycles. The minimum atomic E-state index is -3.06. The average molecular weight is 299 g/mol. The molecule has 0 aliphatic heterocycles. The zero-order valence-corrected chi connectivity index (χ0v) is 13.1. The van der Waals surface area contributed by atoms with Gasteiger partial charge in [0.1, 0.15) is 0 Å². The molecule has 0 unspecified atom stereocenters. The Labute approximate surface area is 122 Å². The Balaban J connectivity index is 2.54. The number of anilines is 1. The number of nitrogens with one attached hydrogen (secondary N) is 1. The molecule has 114 valence electrons. The van der Waals surface area contributed by atoms with E-state index in [0.717, 1.165) is 37.1 Å². The molecule has 0 heterocycles. The summed E-state index contributed by atoms with van der Waals surface area (Å²) in [5, 5.41) is 11.6. The highest BCUT2D eigenvalue weighted by Crippen LogP contribution is 2.15. The van der Waals surface area contributed by atoms with Crippen LogP contribution in [0.3, 0.4) is 0 Å². The molecule has 4 nitrogen and oxygen atoms in total. The predicted molar refractivity (Wildman–Crippen MR) is 83.6 cm³/mol. The van der Waals surface area contributed by atoms with Crippen LogP contribution in [-0.4, -0.2) is 31.9 Å². The third-order valence-corrected chi connectivity index (χ3v) is 5.35. The molecular weight excluding hydrogens is 274 g/mol. The van der Waals surface area contributed by atoms with Crippen LogP contribution in [0.15, 0.2) is 24.3 Å². The Morgan fingerprint density at radius 3 is 2.60 bits per heavy atom. The average Bonchev–Trinajstić information content (AvgIpc) is 2.38. The fourth-order valence-electron chi connectivity index (χ4n) is 1.82. The van der Waals surface area contributed by atoms with Crippen molar-refractivity contribution in [3.8, 4) is 0 Å². The Morgan fingerprint density at radius 1 is 1.20 bits per heavy atom. The van der Waals surface area contributed by atoms with Gasteiger partial charge in [0.15, 0.2) is 9.84 Å². The summed E-state index contributed by atoms with van der Waals surface area (Å²) in [4.78, 5) is 0. The first-order chi connectivity index (χ1) is 9.45. The molecular formula is C15H25NO3S. The maximum Gasteiger partial charge on any atom is 0.156 e. The van der Waals surface area contributed by atoms with Crippen molar-refractivity contribution in [2.75, 3.05) is 18.5 Å². The topological polar surface area (TPSA) is 66.4 Å². The van der Waals surface area contributed by atoms with Crippen molar-refractivity contribution < 1.29 is 13.5 Å². The minimum absolute atomic E-state index is 0.0880. The summed E-state index contributed by atoms with van der Waals surface area (Å²) in [7, 11) is -3.06. The van der Waals surface area contributed by atoms with E-state index in [2.05, 4.69) is 5.32 Å². The van der Waals surface area contributed by atoms with Gasteiger partial charge < -0.3 is 10.4 Å². The lowest BCUT2D eigenvalue weighted by molar-refractivity contribution is 0.283. The van der Waals surface area contributed by atoms with Gasteiger partial charge in [-0.25, -0.2) is 8.42 Å². The molecule has 0 fully saturated rings. The first-order valence-electron chi connectivity index (χ1n) is 7.11. The third kappa shape index (κ3) is 5.92. The van der Waals surface area contributed by atoms with Crippen LogP contribution in [-0.2, 0) is 15.6 Å². The van der Waals surface area contributed by atoms with Crippen LogP contribution in [0.1, 0.15) is 38.7 Å². The van der Waals surface area contributed by atoms with Gasteiger partial charge in [0.2, 0.25) is 0 Å². The highest BCUT2D eigenvalue weighted by molar-refractivity contribution is 7.91. The van der Waals surface area contributed by atoms with Crippen molar-refractivity contribution >= 4 is 15.5 Å². The Bertz CT molecular complexity index is 498. The number of hydrogen-bond acceptors (Lipinski definition) is 4. The zero-order chi connectivity index (χ0) is 15.0. The maximum absolute atomic E-state index is 11.9. The van der Waals surface area contributed by atoms with Crippen molar-refractivity contribution in [1.29, 1.82) is 0 Å². The number of aliphatic hydroxyl groups excluding tert-OH is 1. The smallest absolute Gasteiger partial charge is 0.156 e. The lowest BCUT2D eigenvalue weighted by atomic mass is 10.2. The third-order valence-electron chi connectivity index (χ3n) is 3.18.